The van der Waals surface area contributed by atoms with Crippen molar-refractivity contribution < 1.29 is 42.7 Å². The fourth-order valence-electron chi connectivity index (χ4n) is 2.99. The lowest BCUT2D eigenvalue weighted by atomic mass is 10.0. The van der Waals surface area contributed by atoms with Gasteiger partial charge in [0.15, 0.2) is 11.8 Å². The Morgan fingerprint density at radius 3 is 2.28 bits per heavy atom. The van der Waals surface area contributed by atoms with E-state index in [0.29, 0.717) is 0 Å². The van der Waals surface area contributed by atoms with Gasteiger partial charge in [0.2, 0.25) is 21.8 Å². The standard InChI is InChI=1S/C21H24N4O10S/c1-2-35-21(30)19(20(29)12-3-8-16(26)15(11-12)25(31)32)24-18(28)10-9-17(27)23-13-4-6-14(7-5-13)36(22,33)34/h3-8,11,19-20,26,29H,2,9-10H2,1H3,(H,23,27)(H,24,28)(H2,22,33,34)/t19-,20-/m1/s1. The number of aromatic hydroxyl groups is 1. The summed E-state index contributed by atoms with van der Waals surface area (Å²) in [6.45, 7) is 1.41. The highest BCUT2D eigenvalue weighted by molar-refractivity contribution is 7.89. The number of carbonyl (C=O) groups is 3. The zero-order valence-corrected chi connectivity index (χ0v) is 19.7. The van der Waals surface area contributed by atoms with Crippen molar-refractivity contribution >= 4 is 39.2 Å². The van der Waals surface area contributed by atoms with Gasteiger partial charge in [-0.1, -0.05) is 6.07 Å². The van der Waals surface area contributed by atoms with Gasteiger partial charge in [-0.3, -0.25) is 19.7 Å². The molecule has 2 atom stereocenters. The van der Waals surface area contributed by atoms with Crippen LogP contribution in [0.2, 0.25) is 0 Å². The minimum Gasteiger partial charge on any atom is -0.502 e. The first-order chi connectivity index (χ1) is 16.8. The van der Waals surface area contributed by atoms with Gasteiger partial charge < -0.3 is 25.6 Å². The van der Waals surface area contributed by atoms with E-state index in [1.54, 1.807) is 0 Å². The first-order valence-corrected chi connectivity index (χ1v) is 11.9. The number of esters is 1. The number of ether oxygens (including phenoxy) is 1. The lowest BCUT2D eigenvalue weighted by molar-refractivity contribution is -0.386. The van der Waals surface area contributed by atoms with E-state index in [-0.39, 0.29) is 29.2 Å². The Kier molecular flexibility index (Phi) is 9.43. The first-order valence-electron chi connectivity index (χ1n) is 10.4. The average molecular weight is 525 g/mol. The monoisotopic (exact) mass is 524 g/mol. The molecule has 0 aromatic heterocycles. The number of anilines is 1. The van der Waals surface area contributed by atoms with Crippen LogP contribution in [-0.4, -0.2) is 54.0 Å². The number of nitro benzene ring substituents is 1. The maximum atomic E-state index is 12.4. The first kappa shape index (κ1) is 28.2. The second kappa shape index (κ2) is 12.1. The molecule has 0 bridgehead atoms. The summed E-state index contributed by atoms with van der Waals surface area (Å²) in [6.07, 6.45) is -2.50. The van der Waals surface area contributed by atoms with Crippen LogP contribution in [0, 0.1) is 10.1 Å². The van der Waals surface area contributed by atoms with Gasteiger partial charge in [0.05, 0.1) is 16.4 Å². The molecule has 0 aliphatic carbocycles. The van der Waals surface area contributed by atoms with Gasteiger partial charge in [0.25, 0.3) is 0 Å². The molecule has 15 heteroatoms. The van der Waals surface area contributed by atoms with Crippen molar-refractivity contribution in [3.63, 3.8) is 0 Å². The molecule has 0 unspecified atom stereocenters. The third kappa shape index (κ3) is 7.72. The lowest BCUT2D eigenvalue weighted by Gasteiger charge is -2.23. The summed E-state index contributed by atoms with van der Waals surface area (Å²) in [6, 6.07) is 6.29. The fraction of sp³-hybridized carbons (Fsp3) is 0.286. The Bertz CT molecular complexity index is 1250. The topological polar surface area (TPSA) is 228 Å². The summed E-state index contributed by atoms with van der Waals surface area (Å²) < 4.78 is 27.4. The maximum Gasteiger partial charge on any atom is 0.331 e. The lowest BCUT2D eigenvalue weighted by Crippen LogP contribution is -2.46. The van der Waals surface area contributed by atoms with Gasteiger partial charge in [0.1, 0.15) is 6.10 Å². The molecule has 0 spiro atoms. The summed E-state index contributed by atoms with van der Waals surface area (Å²) in [7, 11) is -3.90. The molecule has 0 aliphatic rings. The van der Waals surface area contributed by atoms with Crippen LogP contribution in [-0.2, 0) is 29.1 Å². The minimum absolute atomic E-state index is 0.0830. The van der Waals surface area contributed by atoms with E-state index in [0.717, 1.165) is 18.2 Å². The van der Waals surface area contributed by atoms with E-state index in [1.165, 1.54) is 31.2 Å². The van der Waals surface area contributed by atoms with Crippen LogP contribution in [0.3, 0.4) is 0 Å². The summed E-state index contributed by atoms with van der Waals surface area (Å²) in [5, 5.41) is 41.0. The molecule has 0 saturated carbocycles. The van der Waals surface area contributed by atoms with Crippen LogP contribution in [0.4, 0.5) is 11.4 Å². The van der Waals surface area contributed by atoms with Crippen LogP contribution in [0.5, 0.6) is 5.75 Å². The van der Waals surface area contributed by atoms with E-state index in [1.807, 2.05) is 0 Å². The smallest absolute Gasteiger partial charge is 0.331 e. The predicted octanol–water partition coefficient (Wildman–Crippen LogP) is 0.448. The van der Waals surface area contributed by atoms with Crippen molar-refractivity contribution in [3.8, 4) is 5.75 Å². The van der Waals surface area contributed by atoms with Crippen molar-refractivity contribution in [1.82, 2.24) is 5.32 Å². The zero-order chi connectivity index (χ0) is 27.0. The number of phenolic OH excluding ortho intramolecular Hbond substituents is 1. The Balaban J connectivity index is 2.05. The summed E-state index contributed by atoms with van der Waals surface area (Å²) in [5.74, 6) is -3.08. The number of nitrogens with two attached hydrogens (primary N) is 1. The van der Waals surface area contributed by atoms with E-state index in [2.05, 4.69) is 10.6 Å². The second-order valence-corrected chi connectivity index (χ2v) is 8.93. The molecule has 6 N–H and O–H groups in total. The van der Waals surface area contributed by atoms with Crippen LogP contribution in [0.1, 0.15) is 31.4 Å². The number of primary sulfonamides is 1. The molecule has 0 saturated heterocycles. The Labute approximate surface area is 205 Å². The number of amides is 2. The van der Waals surface area contributed by atoms with Crippen molar-refractivity contribution in [2.75, 3.05) is 11.9 Å². The molecule has 0 aliphatic heterocycles. The Morgan fingerprint density at radius 1 is 1.11 bits per heavy atom. The van der Waals surface area contributed by atoms with Crippen LogP contribution in [0.15, 0.2) is 47.4 Å². The molecule has 36 heavy (non-hydrogen) atoms. The number of nitrogens with zero attached hydrogens (tertiary/aromatic N) is 1. The average Bonchev–Trinajstić information content (AvgIpc) is 2.80. The molecular weight excluding hydrogens is 500 g/mol. The molecule has 2 amide bonds. The normalized spacial score (nSPS) is 12.8. The van der Waals surface area contributed by atoms with E-state index >= 15 is 0 Å². The molecular formula is C21H24N4O10S. The number of phenols is 1. The number of aliphatic hydroxyl groups is 1. The van der Waals surface area contributed by atoms with Gasteiger partial charge in [-0.05, 0) is 42.8 Å². The number of aliphatic hydroxyl groups excluding tert-OH is 1. The molecule has 0 heterocycles. The number of nitro groups is 1. The maximum absolute atomic E-state index is 12.4. The third-order valence-corrected chi connectivity index (χ3v) is 5.69. The molecule has 0 radical (unpaired) electrons. The molecule has 2 rings (SSSR count). The fourth-order valence-corrected chi connectivity index (χ4v) is 3.50. The van der Waals surface area contributed by atoms with Gasteiger partial charge in [-0.15, -0.1) is 0 Å². The summed E-state index contributed by atoms with van der Waals surface area (Å²) >= 11 is 0. The summed E-state index contributed by atoms with van der Waals surface area (Å²) in [5.41, 5.74) is -0.602. The largest absolute Gasteiger partial charge is 0.502 e. The van der Waals surface area contributed by atoms with Gasteiger partial charge in [-0.25, -0.2) is 18.4 Å². The number of hydrogen-bond acceptors (Lipinski definition) is 10. The van der Waals surface area contributed by atoms with Crippen LogP contribution in [0.25, 0.3) is 0 Å². The zero-order valence-electron chi connectivity index (χ0n) is 18.9. The van der Waals surface area contributed by atoms with Crippen molar-refractivity contribution in [2.45, 2.75) is 36.8 Å². The molecule has 0 fully saturated rings. The molecule has 14 nitrogen and oxygen atoms in total. The Morgan fingerprint density at radius 2 is 1.72 bits per heavy atom. The van der Waals surface area contributed by atoms with Crippen LogP contribution >= 0.6 is 0 Å². The molecule has 2 aromatic carbocycles. The highest BCUT2D eigenvalue weighted by Crippen LogP contribution is 2.30. The third-order valence-electron chi connectivity index (χ3n) is 4.76. The number of benzene rings is 2. The van der Waals surface area contributed by atoms with Gasteiger partial charge in [0, 0.05) is 24.6 Å². The Hall–Kier alpha value is -4.08. The second-order valence-electron chi connectivity index (χ2n) is 7.36. The summed E-state index contributed by atoms with van der Waals surface area (Å²) in [4.78, 5) is 46.9. The van der Waals surface area contributed by atoms with Crippen molar-refractivity contribution in [2.24, 2.45) is 5.14 Å². The van der Waals surface area contributed by atoms with Crippen molar-refractivity contribution in [1.29, 1.82) is 0 Å². The number of rotatable bonds is 11. The predicted molar refractivity (Wildman–Crippen MR) is 124 cm³/mol. The van der Waals surface area contributed by atoms with E-state index < -0.39 is 62.7 Å². The van der Waals surface area contributed by atoms with E-state index in [4.69, 9.17) is 9.88 Å². The highest BCUT2D eigenvalue weighted by Gasteiger charge is 2.32. The molecule has 194 valence electrons. The molecule has 2 aromatic rings. The van der Waals surface area contributed by atoms with Gasteiger partial charge >= 0.3 is 11.7 Å². The van der Waals surface area contributed by atoms with Crippen molar-refractivity contribution in [3.05, 3.63) is 58.1 Å². The van der Waals surface area contributed by atoms with Crippen LogP contribution < -0.4 is 15.8 Å². The number of carbonyl (C=O) groups excluding carboxylic acids is 3. The number of sulfonamides is 1. The van der Waals surface area contributed by atoms with E-state index in [9.17, 15) is 43.1 Å². The number of hydrogen-bond donors (Lipinski definition) is 5. The minimum atomic E-state index is -3.90. The quantitative estimate of drug-likeness (QED) is 0.155. The van der Waals surface area contributed by atoms with Gasteiger partial charge in [-0.2, -0.15) is 0 Å². The SMILES string of the molecule is CCOC(=O)[C@H](NC(=O)CCC(=O)Nc1ccc(S(N)(=O)=O)cc1)[C@H](O)c1ccc(O)c([N+](=O)[O-])c1. The highest BCUT2D eigenvalue weighted by atomic mass is 32.2. The number of nitrogens with one attached hydrogen (secondary N) is 2.